The quantitative estimate of drug-likeness (QED) is 0.343. The fourth-order valence-electron chi connectivity index (χ4n) is 4.47. The highest BCUT2D eigenvalue weighted by Crippen LogP contribution is 2.33. The summed E-state index contributed by atoms with van der Waals surface area (Å²) in [5.41, 5.74) is 6.19. The highest BCUT2D eigenvalue weighted by molar-refractivity contribution is 5.97. The number of benzene rings is 2. The maximum Gasteiger partial charge on any atom is 0.232 e. The Bertz CT molecular complexity index is 833. The molecule has 1 unspecified atom stereocenters. The standard InChI is InChI=1S/C28H41NO2/c1-6-8-9-10-11-12-14-24(25-19-23(13-7-2)15-16-26(25)30)28(31)29-27-21(4)17-20(3)18-22(27)5/h15-19,24,30H,6-14H2,1-5H3,(H,29,31). The molecule has 0 fully saturated rings. The van der Waals surface area contributed by atoms with Crippen molar-refractivity contribution in [1.29, 1.82) is 0 Å². The van der Waals surface area contributed by atoms with E-state index in [1.165, 1.54) is 36.8 Å². The second-order valence-electron chi connectivity index (χ2n) is 9.02. The van der Waals surface area contributed by atoms with Gasteiger partial charge in [-0.2, -0.15) is 0 Å². The second kappa shape index (κ2) is 12.5. The molecule has 3 nitrogen and oxygen atoms in total. The van der Waals surface area contributed by atoms with Gasteiger partial charge in [-0.25, -0.2) is 0 Å². The number of hydrogen-bond donors (Lipinski definition) is 2. The number of phenols is 1. The summed E-state index contributed by atoms with van der Waals surface area (Å²) in [4.78, 5) is 13.5. The van der Waals surface area contributed by atoms with Gasteiger partial charge in [0.1, 0.15) is 5.75 Å². The van der Waals surface area contributed by atoms with Crippen LogP contribution in [0.1, 0.15) is 98.9 Å². The molecular formula is C28H41NO2. The molecule has 0 heterocycles. The van der Waals surface area contributed by atoms with E-state index < -0.39 is 0 Å². The zero-order valence-electron chi connectivity index (χ0n) is 20.2. The molecule has 31 heavy (non-hydrogen) atoms. The Balaban J connectivity index is 2.25. The van der Waals surface area contributed by atoms with Crippen LogP contribution in [0.15, 0.2) is 30.3 Å². The van der Waals surface area contributed by atoms with E-state index in [0.717, 1.165) is 54.5 Å². The third-order valence-corrected chi connectivity index (χ3v) is 6.09. The number of hydrogen-bond acceptors (Lipinski definition) is 2. The number of amides is 1. The van der Waals surface area contributed by atoms with Gasteiger partial charge < -0.3 is 10.4 Å². The molecule has 2 aromatic carbocycles. The summed E-state index contributed by atoms with van der Waals surface area (Å²) in [6.45, 7) is 10.5. The van der Waals surface area contributed by atoms with Crippen LogP contribution in [-0.2, 0) is 11.2 Å². The van der Waals surface area contributed by atoms with Crippen LogP contribution in [0.5, 0.6) is 5.75 Å². The molecule has 0 aromatic heterocycles. The lowest BCUT2D eigenvalue weighted by atomic mass is 9.89. The van der Waals surface area contributed by atoms with E-state index in [-0.39, 0.29) is 17.6 Å². The maximum atomic E-state index is 13.5. The lowest BCUT2D eigenvalue weighted by molar-refractivity contribution is -0.117. The van der Waals surface area contributed by atoms with Gasteiger partial charge in [-0.15, -0.1) is 0 Å². The smallest absolute Gasteiger partial charge is 0.232 e. The molecule has 0 aliphatic rings. The average molecular weight is 424 g/mol. The normalized spacial score (nSPS) is 12.0. The fourth-order valence-corrected chi connectivity index (χ4v) is 4.47. The number of aryl methyl sites for hydroxylation is 4. The Morgan fingerprint density at radius 3 is 2.19 bits per heavy atom. The first-order valence-corrected chi connectivity index (χ1v) is 12.1. The minimum absolute atomic E-state index is 0.0208. The second-order valence-corrected chi connectivity index (χ2v) is 9.02. The molecule has 0 saturated carbocycles. The number of anilines is 1. The maximum absolute atomic E-state index is 13.5. The summed E-state index contributed by atoms with van der Waals surface area (Å²) < 4.78 is 0. The van der Waals surface area contributed by atoms with Crippen LogP contribution in [0.4, 0.5) is 5.69 Å². The van der Waals surface area contributed by atoms with E-state index in [4.69, 9.17) is 0 Å². The van der Waals surface area contributed by atoms with E-state index in [1.807, 2.05) is 26.0 Å². The minimum Gasteiger partial charge on any atom is -0.508 e. The third kappa shape index (κ3) is 7.41. The zero-order chi connectivity index (χ0) is 22.8. The van der Waals surface area contributed by atoms with Crippen LogP contribution in [0.2, 0.25) is 0 Å². The number of nitrogens with one attached hydrogen (secondary N) is 1. The molecule has 2 N–H and O–H groups in total. The Hall–Kier alpha value is -2.29. The van der Waals surface area contributed by atoms with Crippen LogP contribution < -0.4 is 5.32 Å². The zero-order valence-corrected chi connectivity index (χ0v) is 20.2. The molecule has 0 saturated heterocycles. The van der Waals surface area contributed by atoms with Gasteiger partial charge in [0.25, 0.3) is 0 Å². The largest absolute Gasteiger partial charge is 0.508 e. The monoisotopic (exact) mass is 423 g/mol. The molecule has 3 heteroatoms. The first kappa shape index (κ1) is 25.0. The van der Waals surface area contributed by atoms with Crippen molar-refractivity contribution in [3.05, 3.63) is 58.1 Å². The molecule has 0 spiro atoms. The first-order valence-electron chi connectivity index (χ1n) is 12.1. The van der Waals surface area contributed by atoms with Gasteiger partial charge >= 0.3 is 0 Å². The number of aromatic hydroxyl groups is 1. The number of carbonyl (C=O) groups excluding carboxylic acids is 1. The van der Waals surface area contributed by atoms with Crippen molar-refractivity contribution in [3.63, 3.8) is 0 Å². The fraction of sp³-hybridized carbons (Fsp3) is 0.536. The van der Waals surface area contributed by atoms with Crippen molar-refractivity contribution in [1.82, 2.24) is 0 Å². The van der Waals surface area contributed by atoms with Gasteiger partial charge in [-0.05, 0) is 56.4 Å². The Labute approximate surface area is 189 Å². The van der Waals surface area contributed by atoms with Crippen LogP contribution in [0.25, 0.3) is 0 Å². The van der Waals surface area contributed by atoms with Crippen molar-refractivity contribution in [2.75, 3.05) is 5.32 Å². The van der Waals surface area contributed by atoms with Crippen molar-refractivity contribution in [2.45, 2.75) is 98.3 Å². The van der Waals surface area contributed by atoms with E-state index in [9.17, 15) is 9.90 Å². The van der Waals surface area contributed by atoms with E-state index in [2.05, 4.69) is 38.2 Å². The average Bonchev–Trinajstić information content (AvgIpc) is 2.72. The van der Waals surface area contributed by atoms with E-state index in [0.29, 0.717) is 0 Å². The van der Waals surface area contributed by atoms with Crippen LogP contribution >= 0.6 is 0 Å². The highest BCUT2D eigenvalue weighted by atomic mass is 16.3. The predicted molar refractivity (Wildman–Crippen MR) is 132 cm³/mol. The minimum atomic E-state index is -0.344. The number of phenolic OH excluding ortho intramolecular Hbond substituents is 1. The molecule has 1 amide bonds. The Morgan fingerprint density at radius 1 is 0.903 bits per heavy atom. The highest BCUT2D eigenvalue weighted by Gasteiger charge is 2.24. The van der Waals surface area contributed by atoms with Crippen molar-refractivity contribution < 1.29 is 9.90 Å². The summed E-state index contributed by atoms with van der Waals surface area (Å²) >= 11 is 0. The lowest BCUT2D eigenvalue weighted by Crippen LogP contribution is -2.22. The van der Waals surface area contributed by atoms with Crippen molar-refractivity contribution in [2.24, 2.45) is 0 Å². The van der Waals surface area contributed by atoms with Crippen molar-refractivity contribution >= 4 is 11.6 Å². The molecular weight excluding hydrogens is 382 g/mol. The molecule has 170 valence electrons. The lowest BCUT2D eigenvalue weighted by Gasteiger charge is -2.21. The Morgan fingerprint density at radius 2 is 1.55 bits per heavy atom. The molecule has 1 atom stereocenters. The van der Waals surface area contributed by atoms with E-state index in [1.54, 1.807) is 6.07 Å². The summed E-state index contributed by atoms with van der Waals surface area (Å²) in [7, 11) is 0. The van der Waals surface area contributed by atoms with E-state index >= 15 is 0 Å². The molecule has 2 aromatic rings. The topological polar surface area (TPSA) is 49.3 Å². The SMILES string of the molecule is CCCCCCCCC(C(=O)Nc1c(C)cc(C)cc1C)c1cc(CCC)ccc1O. The molecule has 2 rings (SSSR count). The van der Waals surface area contributed by atoms with Crippen LogP contribution in [0, 0.1) is 20.8 Å². The van der Waals surface area contributed by atoms with Gasteiger partial charge in [0.2, 0.25) is 5.91 Å². The Kier molecular flexibility index (Phi) is 10.1. The molecule has 0 bridgehead atoms. The molecule has 0 radical (unpaired) electrons. The molecule has 0 aliphatic carbocycles. The van der Waals surface area contributed by atoms with Crippen molar-refractivity contribution in [3.8, 4) is 5.75 Å². The number of unbranched alkanes of at least 4 members (excludes halogenated alkanes) is 5. The van der Waals surface area contributed by atoms with Gasteiger partial charge in [0, 0.05) is 11.3 Å². The molecule has 0 aliphatic heterocycles. The third-order valence-electron chi connectivity index (χ3n) is 6.09. The summed E-state index contributed by atoms with van der Waals surface area (Å²) in [6.07, 6.45) is 9.84. The van der Waals surface area contributed by atoms with Crippen LogP contribution in [0.3, 0.4) is 0 Å². The number of carbonyl (C=O) groups is 1. The van der Waals surface area contributed by atoms with Gasteiger partial charge in [0.05, 0.1) is 5.92 Å². The summed E-state index contributed by atoms with van der Waals surface area (Å²) in [6, 6.07) is 9.96. The van der Waals surface area contributed by atoms with Crippen LogP contribution in [-0.4, -0.2) is 11.0 Å². The number of rotatable bonds is 12. The summed E-state index contributed by atoms with van der Waals surface area (Å²) in [5.74, 6) is -0.140. The van der Waals surface area contributed by atoms with Gasteiger partial charge in [-0.3, -0.25) is 4.79 Å². The first-order chi connectivity index (χ1) is 14.9. The van der Waals surface area contributed by atoms with Gasteiger partial charge in [0.15, 0.2) is 0 Å². The van der Waals surface area contributed by atoms with Gasteiger partial charge in [-0.1, -0.05) is 88.6 Å². The summed E-state index contributed by atoms with van der Waals surface area (Å²) in [5, 5.41) is 13.8. The predicted octanol–water partition coefficient (Wildman–Crippen LogP) is 7.74.